The quantitative estimate of drug-likeness (QED) is 0.217. The third-order valence-corrected chi connectivity index (χ3v) is 7.23. The van der Waals surface area contributed by atoms with Crippen LogP contribution < -0.4 is 10.0 Å². The van der Waals surface area contributed by atoms with Crippen LogP contribution in [0, 0.1) is 5.41 Å². The average molecular weight is 512 g/mol. The van der Waals surface area contributed by atoms with Crippen molar-refractivity contribution in [3.63, 3.8) is 0 Å². The predicted molar refractivity (Wildman–Crippen MR) is 138 cm³/mol. The molecule has 0 unspecified atom stereocenters. The number of anilines is 1. The first-order valence-electron chi connectivity index (χ1n) is 11.0. The number of hydrogen-bond acceptors (Lipinski definition) is 6. The smallest absolute Gasteiger partial charge is 0.240 e. The lowest BCUT2D eigenvalue weighted by Crippen LogP contribution is -2.38. The summed E-state index contributed by atoms with van der Waals surface area (Å²) in [7, 11) is -3.72. The molecular weight excluding hydrogens is 486 g/mol. The van der Waals surface area contributed by atoms with Crippen molar-refractivity contribution in [3.05, 3.63) is 71.6 Å². The molecule has 0 atom stereocenters. The van der Waals surface area contributed by atoms with Crippen molar-refractivity contribution in [2.75, 3.05) is 18.4 Å². The number of aromatic nitrogens is 3. The van der Waals surface area contributed by atoms with Gasteiger partial charge in [0.2, 0.25) is 10.0 Å². The van der Waals surface area contributed by atoms with Gasteiger partial charge < -0.3 is 10.3 Å². The Hall–Kier alpha value is -3.27. The van der Waals surface area contributed by atoms with Crippen LogP contribution in [-0.2, 0) is 10.0 Å². The van der Waals surface area contributed by atoms with Gasteiger partial charge in [-0.1, -0.05) is 37.6 Å². The number of benzene rings is 1. The van der Waals surface area contributed by atoms with Crippen LogP contribution in [0.15, 0.2) is 65.8 Å². The number of halogens is 1. The zero-order valence-electron chi connectivity index (χ0n) is 19.6. The van der Waals surface area contributed by atoms with Crippen molar-refractivity contribution in [3.8, 4) is 11.1 Å². The lowest BCUT2D eigenvalue weighted by atomic mass is 9.94. The normalized spacial score (nSPS) is 12.1. The van der Waals surface area contributed by atoms with Crippen molar-refractivity contribution in [2.24, 2.45) is 5.41 Å². The van der Waals surface area contributed by atoms with E-state index >= 15 is 0 Å². The number of carbonyl (C=O) groups excluding carboxylic acids is 1. The summed E-state index contributed by atoms with van der Waals surface area (Å²) in [6.45, 7) is 5.96. The third-order valence-electron chi connectivity index (χ3n) is 5.62. The van der Waals surface area contributed by atoms with Gasteiger partial charge in [0.05, 0.1) is 4.90 Å². The number of carbonyl (C=O) groups is 1. The molecule has 4 aromatic rings. The molecule has 10 heteroatoms. The molecular formula is C25H26ClN5O3S. The van der Waals surface area contributed by atoms with Crippen LogP contribution in [0.5, 0.6) is 0 Å². The van der Waals surface area contributed by atoms with Crippen LogP contribution in [0.25, 0.3) is 22.2 Å². The number of fused-ring (bicyclic) bond motifs is 1. The van der Waals surface area contributed by atoms with Crippen LogP contribution in [0.1, 0.15) is 31.1 Å². The Morgan fingerprint density at radius 3 is 2.57 bits per heavy atom. The number of hydrogen-bond donors (Lipinski definition) is 3. The summed E-state index contributed by atoms with van der Waals surface area (Å²) >= 11 is 6.30. The van der Waals surface area contributed by atoms with E-state index in [0.717, 1.165) is 22.2 Å². The molecule has 8 nitrogen and oxygen atoms in total. The summed E-state index contributed by atoms with van der Waals surface area (Å²) in [6, 6.07) is 13.4. The van der Waals surface area contributed by atoms with Crippen molar-refractivity contribution < 1.29 is 13.2 Å². The second kappa shape index (κ2) is 9.77. The number of H-pyrrole nitrogens is 1. The van der Waals surface area contributed by atoms with E-state index in [-0.39, 0.29) is 17.2 Å². The Balaban J connectivity index is 1.43. The SMILES string of the molecule is CC(=O)c1ccc(S(=O)(=O)NCC(C)(C)CNc2cc(-c3c[nH]c4ncccc34)cc(Cl)n2)cc1. The van der Waals surface area contributed by atoms with Gasteiger partial charge in [-0.05, 0) is 54.3 Å². The van der Waals surface area contributed by atoms with Crippen molar-refractivity contribution in [2.45, 2.75) is 25.7 Å². The first-order chi connectivity index (χ1) is 16.5. The number of aromatic amines is 1. The Morgan fingerprint density at radius 1 is 1.11 bits per heavy atom. The first kappa shape index (κ1) is 24.8. The molecule has 35 heavy (non-hydrogen) atoms. The predicted octanol–water partition coefficient (Wildman–Crippen LogP) is 4.90. The highest BCUT2D eigenvalue weighted by molar-refractivity contribution is 7.89. The number of nitrogens with one attached hydrogen (secondary N) is 3. The molecule has 0 aliphatic carbocycles. The van der Waals surface area contributed by atoms with Crippen LogP contribution >= 0.6 is 11.6 Å². The van der Waals surface area contributed by atoms with Gasteiger partial charge in [-0.15, -0.1) is 0 Å². The molecule has 0 saturated heterocycles. The average Bonchev–Trinajstić information content (AvgIpc) is 3.26. The number of nitrogens with zero attached hydrogens (tertiary/aromatic N) is 2. The topological polar surface area (TPSA) is 117 Å². The highest BCUT2D eigenvalue weighted by atomic mass is 35.5. The fourth-order valence-electron chi connectivity index (χ4n) is 3.57. The highest BCUT2D eigenvalue weighted by Gasteiger charge is 2.23. The van der Waals surface area contributed by atoms with Gasteiger partial charge in [-0.2, -0.15) is 0 Å². The number of rotatable bonds is 9. The molecule has 0 radical (unpaired) electrons. The third kappa shape index (κ3) is 5.87. The van der Waals surface area contributed by atoms with Crippen LogP contribution in [0.3, 0.4) is 0 Å². The van der Waals surface area contributed by atoms with Gasteiger partial charge in [0, 0.05) is 42.0 Å². The maximum Gasteiger partial charge on any atom is 0.240 e. The van der Waals surface area contributed by atoms with Gasteiger partial charge >= 0.3 is 0 Å². The highest BCUT2D eigenvalue weighted by Crippen LogP contribution is 2.31. The molecule has 0 amide bonds. The zero-order valence-corrected chi connectivity index (χ0v) is 21.2. The number of sulfonamides is 1. The van der Waals surface area contributed by atoms with Crippen LogP contribution in [0.2, 0.25) is 5.15 Å². The van der Waals surface area contributed by atoms with E-state index in [1.165, 1.54) is 31.2 Å². The molecule has 0 aliphatic heterocycles. The van der Waals surface area contributed by atoms with Gasteiger partial charge in [-0.25, -0.2) is 23.1 Å². The Bertz CT molecular complexity index is 1480. The fourth-order valence-corrected chi connectivity index (χ4v) is 5.02. The largest absolute Gasteiger partial charge is 0.369 e. The lowest BCUT2D eigenvalue weighted by molar-refractivity contribution is 0.101. The minimum atomic E-state index is -3.72. The minimum Gasteiger partial charge on any atom is -0.369 e. The van der Waals surface area contributed by atoms with Gasteiger partial charge in [0.15, 0.2) is 5.78 Å². The van der Waals surface area contributed by atoms with E-state index in [4.69, 9.17) is 11.6 Å². The molecule has 3 aromatic heterocycles. The summed E-state index contributed by atoms with van der Waals surface area (Å²) in [5.41, 5.74) is 2.66. The summed E-state index contributed by atoms with van der Waals surface area (Å²) in [4.78, 5) is 23.4. The van der Waals surface area contributed by atoms with Crippen LogP contribution in [-0.4, -0.2) is 42.2 Å². The maximum absolute atomic E-state index is 12.7. The lowest BCUT2D eigenvalue weighted by Gasteiger charge is -2.25. The molecule has 3 N–H and O–H groups in total. The van der Waals surface area contributed by atoms with Crippen molar-refractivity contribution in [1.82, 2.24) is 19.7 Å². The van der Waals surface area contributed by atoms with E-state index in [0.29, 0.717) is 23.1 Å². The van der Waals surface area contributed by atoms with E-state index in [1.54, 1.807) is 12.3 Å². The van der Waals surface area contributed by atoms with E-state index in [9.17, 15) is 13.2 Å². The number of Topliss-reactive ketones (excluding diaryl/α,β-unsaturated/α-hetero) is 1. The first-order valence-corrected chi connectivity index (χ1v) is 12.8. The minimum absolute atomic E-state index is 0.112. The molecule has 3 heterocycles. The molecule has 182 valence electrons. The zero-order chi connectivity index (χ0) is 25.2. The molecule has 4 rings (SSSR count). The molecule has 0 fully saturated rings. The van der Waals surface area contributed by atoms with Crippen LogP contribution in [0.4, 0.5) is 5.82 Å². The Morgan fingerprint density at radius 2 is 1.86 bits per heavy atom. The van der Waals surface area contributed by atoms with E-state index in [2.05, 4.69) is 25.0 Å². The van der Waals surface area contributed by atoms with Gasteiger partial charge in [0.25, 0.3) is 0 Å². The summed E-state index contributed by atoms with van der Waals surface area (Å²) in [6.07, 6.45) is 3.61. The summed E-state index contributed by atoms with van der Waals surface area (Å²) in [5.74, 6) is 0.467. The fraction of sp³-hybridized carbons (Fsp3) is 0.240. The standard InChI is InChI=1S/C25H26ClN5O3S/c1-16(32)17-6-8-19(9-7-17)35(33,34)30-15-25(2,3)14-29-23-12-18(11-22(26)31-23)21-13-28-24-20(21)5-4-10-27-24/h4-13,30H,14-15H2,1-3H3,(H,27,28)(H,29,31). The Kier molecular flexibility index (Phi) is 6.93. The number of pyridine rings is 2. The molecule has 1 aromatic carbocycles. The summed E-state index contributed by atoms with van der Waals surface area (Å²) in [5, 5.41) is 4.60. The Labute approximate surface area is 209 Å². The second-order valence-electron chi connectivity index (χ2n) is 9.09. The van der Waals surface area contributed by atoms with E-state index < -0.39 is 15.4 Å². The van der Waals surface area contributed by atoms with Gasteiger partial charge in [0.1, 0.15) is 16.6 Å². The van der Waals surface area contributed by atoms with E-state index in [1.807, 2.05) is 38.2 Å². The van der Waals surface area contributed by atoms with Crippen molar-refractivity contribution in [1.29, 1.82) is 0 Å². The second-order valence-corrected chi connectivity index (χ2v) is 11.2. The number of ketones is 1. The molecule has 0 spiro atoms. The van der Waals surface area contributed by atoms with Crippen molar-refractivity contribution >= 4 is 44.3 Å². The molecule has 0 bridgehead atoms. The maximum atomic E-state index is 12.7. The summed E-state index contributed by atoms with van der Waals surface area (Å²) < 4.78 is 28.1. The monoisotopic (exact) mass is 511 g/mol. The van der Waals surface area contributed by atoms with Gasteiger partial charge in [-0.3, -0.25) is 4.79 Å². The molecule has 0 saturated carbocycles. The molecule has 0 aliphatic rings.